The van der Waals surface area contributed by atoms with Crippen LogP contribution >= 0.6 is 0 Å². The second-order valence-electron chi connectivity index (χ2n) is 5.11. The molecule has 0 saturated carbocycles. The van der Waals surface area contributed by atoms with E-state index in [0.29, 0.717) is 12.0 Å². The Morgan fingerprint density at radius 2 is 2.00 bits per heavy atom. The lowest BCUT2D eigenvalue weighted by molar-refractivity contribution is 0.406. The van der Waals surface area contributed by atoms with Crippen molar-refractivity contribution in [3.8, 4) is 5.75 Å². The number of aryl methyl sites for hydroxylation is 1. The second kappa shape index (κ2) is 6.68. The zero-order chi connectivity index (χ0) is 15.4. The number of benzene rings is 1. The van der Waals surface area contributed by atoms with Crippen LogP contribution in [0.2, 0.25) is 0 Å². The Bertz CT molecular complexity index is 628. The van der Waals surface area contributed by atoms with E-state index < -0.39 is 0 Å². The van der Waals surface area contributed by atoms with E-state index in [-0.39, 0.29) is 11.9 Å². The molecule has 0 fully saturated rings. The smallest absolute Gasteiger partial charge is 0.128 e. The highest BCUT2D eigenvalue weighted by Gasteiger charge is 2.18. The van der Waals surface area contributed by atoms with Gasteiger partial charge in [0.05, 0.1) is 7.11 Å². The number of likely N-dealkylation sites (N-methyl/N-ethyl adjacent to an activating group) is 1. The van der Waals surface area contributed by atoms with Crippen molar-refractivity contribution in [2.75, 3.05) is 14.2 Å². The first-order valence-corrected chi connectivity index (χ1v) is 6.99. The molecule has 2 rings (SSSR count). The highest BCUT2D eigenvalue weighted by molar-refractivity contribution is 5.41. The monoisotopic (exact) mass is 288 g/mol. The topological polar surface area (TPSA) is 34.2 Å². The summed E-state index contributed by atoms with van der Waals surface area (Å²) in [6.45, 7) is 3.96. The van der Waals surface area contributed by atoms with E-state index in [1.165, 1.54) is 6.07 Å². The summed E-state index contributed by atoms with van der Waals surface area (Å²) in [6, 6.07) is 6.71. The molecule has 1 aromatic heterocycles. The van der Waals surface area contributed by atoms with Crippen molar-refractivity contribution >= 4 is 0 Å². The van der Waals surface area contributed by atoms with Gasteiger partial charge in [-0.2, -0.15) is 0 Å². The average Bonchev–Trinajstić information content (AvgIpc) is 2.48. The van der Waals surface area contributed by atoms with Crippen LogP contribution in [-0.2, 0) is 6.42 Å². The molecule has 0 amide bonds. The Balaban J connectivity index is 2.34. The Hall–Kier alpha value is -1.94. The average molecular weight is 288 g/mol. The first kappa shape index (κ1) is 15.4. The quantitative estimate of drug-likeness (QED) is 0.916. The molecule has 0 aliphatic heterocycles. The number of pyridine rings is 1. The minimum atomic E-state index is -0.200. The van der Waals surface area contributed by atoms with Gasteiger partial charge in [-0.3, -0.25) is 4.98 Å². The molecule has 1 aromatic carbocycles. The molecule has 1 atom stereocenters. The lowest BCUT2D eigenvalue weighted by Crippen LogP contribution is -2.21. The van der Waals surface area contributed by atoms with Crippen LogP contribution in [0.4, 0.5) is 4.39 Å². The van der Waals surface area contributed by atoms with Crippen LogP contribution in [0.5, 0.6) is 5.75 Å². The van der Waals surface area contributed by atoms with Gasteiger partial charge in [0.2, 0.25) is 0 Å². The summed E-state index contributed by atoms with van der Waals surface area (Å²) in [7, 11) is 3.49. The zero-order valence-corrected chi connectivity index (χ0v) is 12.9. The van der Waals surface area contributed by atoms with E-state index in [0.717, 1.165) is 22.6 Å². The van der Waals surface area contributed by atoms with Crippen molar-refractivity contribution < 1.29 is 9.13 Å². The number of ether oxygens (including phenoxy) is 1. The van der Waals surface area contributed by atoms with Crippen LogP contribution in [0, 0.1) is 19.7 Å². The molecule has 2 aromatic rings. The Labute approximate surface area is 125 Å². The maximum atomic E-state index is 14.0. The molecule has 0 bridgehead atoms. The molecular weight excluding hydrogens is 267 g/mol. The molecular formula is C17H21FN2O. The van der Waals surface area contributed by atoms with E-state index in [4.69, 9.17) is 4.74 Å². The van der Waals surface area contributed by atoms with E-state index in [9.17, 15) is 4.39 Å². The van der Waals surface area contributed by atoms with Gasteiger partial charge in [0, 0.05) is 41.0 Å². The summed E-state index contributed by atoms with van der Waals surface area (Å²) in [5, 5.41) is 3.17. The lowest BCUT2D eigenvalue weighted by Gasteiger charge is -2.19. The highest BCUT2D eigenvalue weighted by atomic mass is 19.1. The Morgan fingerprint density at radius 1 is 1.29 bits per heavy atom. The van der Waals surface area contributed by atoms with Gasteiger partial charge in [0.15, 0.2) is 0 Å². The van der Waals surface area contributed by atoms with E-state index in [1.54, 1.807) is 25.4 Å². The predicted molar refractivity (Wildman–Crippen MR) is 82.2 cm³/mol. The van der Waals surface area contributed by atoms with E-state index in [1.807, 2.05) is 27.0 Å². The molecule has 0 aliphatic carbocycles. The van der Waals surface area contributed by atoms with E-state index in [2.05, 4.69) is 10.3 Å². The fourth-order valence-electron chi connectivity index (χ4n) is 2.60. The number of methoxy groups -OCH3 is 1. The van der Waals surface area contributed by atoms with E-state index >= 15 is 0 Å². The fourth-order valence-corrected chi connectivity index (χ4v) is 2.60. The largest absolute Gasteiger partial charge is 0.496 e. The maximum absolute atomic E-state index is 14.0. The molecule has 1 N–H and O–H groups in total. The third kappa shape index (κ3) is 3.22. The van der Waals surface area contributed by atoms with Crippen molar-refractivity contribution in [3.63, 3.8) is 0 Å². The van der Waals surface area contributed by atoms with Crippen molar-refractivity contribution in [1.29, 1.82) is 0 Å². The van der Waals surface area contributed by atoms with Crippen LogP contribution in [0.25, 0.3) is 0 Å². The predicted octanol–water partition coefficient (Wildman–Crippen LogP) is 3.35. The number of nitrogens with one attached hydrogen (secondary N) is 1. The van der Waals surface area contributed by atoms with Crippen LogP contribution < -0.4 is 10.1 Å². The standard InChI is InChI=1S/C17H21FN2O/c1-11-10-20-15(12(2)17(11)21-4)9-16(19-3)13-7-5-6-8-14(13)18/h5-8,10,16,19H,9H2,1-4H3. The van der Waals surface area contributed by atoms with Gasteiger partial charge < -0.3 is 10.1 Å². The molecule has 0 radical (unpaired) electrons. The van der Waals surface area contributed by atoms with Gasteiger partial charge in [0.1, 0.15) is 11.6 Å². The number of aromatic nitrogens is 1. The first-order valence-electron chi connectivity index (χ1n) is 6.99. The zero-order valence-electron chi connectivity index (χ0n) is 12.9. The fraction of sp³-hybridized carbons (Fsp3) is 0.353. The second-order valence-corrected chi connectivity index (χ2v) is 5.11. The summed E-state index contributed by atoms with van der Waals surface area (Å²) in [4.78, 5) is 4.49. The minimum Gasteiger partial charge on any atom is -0.496 e. The summed E-state index contributed by atoms with van der Waals surface area (Å²) in [5.74, 6) is 0.650. The minimum absolute atomic E-state index is 0.121. The van der Waals surface area contributed by atoms with Crippen LogP contribution in [0.1, 0.15) is 28.4 Å². The molecule has 112 valence electrons. The van der Waals surface area contributed by atoms with Gasteiger partial charge in [-0.25, -0.2) is 4.39 Å². The Kier molecular flexibility index (Phi) is 4.91. The summed E-state index contributed by atoms with van der Waals surface area (Å²) < 4.78 is 19.4. The van der Waals surface area contributed by atoms with Crippen LogP contribution in [0.15, 0.2) is 30.5 Å². The van der Waals surface area contributed by atoms with Crippen LogP contribution in [0.3, 0.4) is 0 Å². The van der Waals surface area contributed by atoms with Crippen molar-refractivity contribution in [1.82, 2.24) is 10.3 Å². The number of hydrogen-bond acceptors (Lipinski definition) is 3. The van der Waals surface area contributed by atoms with Gasteiger partial charge in [-0.05, 0) is 27.0 Å². The van der Waals surface area contributed by atoms with Crippen LogP contribution in [-0.4, -0.2) is 19.1 Å². The molecule has 1 heterocycles. The summed E-state index contributed by atoms with van der Waals surface area (Å²) in [6.07, 6.45) is 2.41. The van der Waals surface area contributed by atoms with Crippen molar-refractivity contribution in [3.05, 3.63) is 58.7 Å². The third-order valence-electron chi connectivity index (χ3n) is 3.78. The van der Waals surface area contributed by atoms with Gasteiger partial charge in [-0.15, -0.1) is 0 Å². The van der Waals surface area contributed by atoms with Crippen molar-refractivity contribution in [2.24, 2.45) is 0 Å². The van der Waals surface area contributed by atoms with Crippen molar-refractivity contribution in [2.45, 2.75) is 26.3 Å². The normalized spacial score (nSPS) is 12.2. The number of halogens is 1. The number of hydrogen-bond donors (Lipinski definition) is 1. The number of rotatable bonds is 5. The molecule has 4 heteroatoms. The molecule has 0 aliphatic rings. The summed E-state index contributed by atoms with van der Waals surface area (Å²) in [5.41, 5.74) is 3.58. The number of nitrogens with zero attached hydrogens (tertiary/aromatic N) is 1. The molecule has 1 unspecified atom stereocenters. The SMILES string of the molecule is CNC(Cc1ncc(C)c(OC)c1C)c1ccccc1F. The molecule has 0 saturated heterocycles. The molecule has 0 spiro atoms. The van der Waals surface area contributed by atoms with Gasteiger partial charge >= 0.3 is 0 Å². The maximum Gasteiger partial charge on any atom is 0.128 e. The summed E-state index contributed by atoms with van der Waals surface area (Å²) >= 11 is 0. The molecule has 21 heavy (non-hydrogen) atoms. The first-order chi connectivity index (χ1) is 10.1. The molecule has 3 nitrogen and oxygen atoms in total. The lowest BCUT2D eigenvalue weighted by atomic mass is 9.98. The third-order valence-corrected chi connectivity index (χ3v) is 3.78. The highest BCUT2D eigenvalue weighted by Crippen LogP contribution is 2.27. The Morgan fingerprint density at radius 3 is 2.62 bits per heavy atom. The van der Waals surface area contributed by atoms with Gasteiger partial charge in [-0.1, -0.05) is 18.2 Å². The van der Waals surface area contributed by atoms with Gasteiger partial charge in [0.25, 0.3) is 0 Å².